The number of carbonyl (C=O) groups is 2. The number of fused-ring (bicyclic) bond motifs is 2. The highest BCUT2D eigenvalue weighted by Crippen LogP contribution is 2.57. The number of hydrogen-bond acceptors (Lipinski definition) is 5. The standard InChI is InChI=1S/C19H22O5/c1-9(2)18(22)24-17-14-10(3)8-23-16(14)15(21)12-6-7-13(20)11(4)19(12,17)5/h6,8,11,13,17,20H,1,7H2,2-5H3/t11?,13?,17-,19?/m1/s1. The number of carbonyl (C=O) groups excluding carboxylic acids is 2. The second-order valence-corrected chi connectivity index (χ2v) is 7.05. The van der Waals surface area contributed by atoms with Crippen LogP contribution >= 0.6 is 0 Å². The van der Waals surface area contributed by atoms with Gasteiger partial charge in [0.1, 0.15) is 6.10 Å². The van der Waals surface area contributed by atoms with E-state index in [1.54, 1.807) is 13.0 Å². The zero-order chi connectivity index (χ0) is 17.8. The Bertz CT molecular complexity index is 769. The van der Waals surface area contributed by atoms with Gasteiger partial charge in [0.05, 0.1) is 12.4 Å². The Hall–Kier alpha value is -2.14. The van der Waals surface area contributed by atoms with Crippen molar-refractivity contribution in [3.8, 4) is 0 Å². The third-order valence-corrected chi connectivity index (χ3v) is 5.52. The van der Waals surface area contributed by atoms with Crippen LogP contribution in [0, 0.1) is 18.3 Å². The van der Waals surface area contributed by atoms with Gasteiger partial charge in [0.15, 0.2) is 5.76 Å². The maximum Gasteiger partial charge on any atom is 0.333 e. The van der Waals surface area contributed by atoms with Crippen LogP contribution in [0.15, 0.2) is 34.5 Å². The van der Waals surface area contributed by atoms with Crippen molar-refractivity contribution < 1.29 is 23.8 Å². The Labute approximate surface area is 141 Å². The molecule has 0 saturated carbocycles. The zero-order valence-corrected chi connectivity index (χ0v) is 14.4. The number of aliphatic hydroxyl groups excluding tert-OH is 1. The van der Waals surface area contributed by atoms with E-state index < -0.39 is 23.6 Å². The second-order valence-electron chi connectivity index (χ2n) is 7.05. The molecule has 4 atom stereocenters. The van der Waals surface area contributed by atoms with E-state index in [-0.39, 0.29) is 23.0 Å². The lowest BCUT2D eigenvalue weighted by Gasteiger charge is -2.49. The molecule has 0 aromatic carbocycles. The van der Waals surface area contributed by atoms with E-state index in [9.17, 15) is 14.7 Å². The first-order chi connectivity index (χ1) is 11.2. The highest BCUT2D eigenvalue weighted by atomic mass is 16.5. The topological polar surface area (TPSA) is 76.7 Å². The first-order valence-corrected chi connectivity index (χ1v) is 8.07. The lowest BCUT2D eigenvalue weighted by Crippen LogP contribution is -2.49. The van der Waals surface area contributed by atoms with Crippen molar-refractivity contribution in [2.24, 2.45) is 11.3 Å². The summed E-state index contributed by atoms with van der Waals surface area (Å²) in [4.78, 5) is 25.1. The van der Waals surface area contributed by atoms with E-state index in [1.807, 2.05) is 20.8 Å². The third-order valence-electron chi connectivity index (χ3n) is 5.52. The molecule has 128 valence electrons. The van der Waals surface area contributed by atoms with Crippen molar-refractivity contribution >= 4 is 11.8 Å². The molecule has 0 saturated heterocycles. The van der Waals surface area contributed by atoms with Crippen LogP contribution in [0.4, 0.5) is 0 Å². The average Bonchev–Trinajstić information content (AvgIpc) is 2.90. The minimum Gasteiger partial charge on any atom is -0.460 e. The maximum atomic E-state index is 12.9. The Morgan fingerprint density at radius 3 is 2.79 bits per heavy atom. The third kappa shape index (κ3) is 2.11. The smallest absolute Gasteiger partial charge is 0.333 e. The predicted molar refractivity (Wildman–Crippen MR) is 87.4 cm³/mol. The van der Waals surface area contributed by atoms with E-state index in [1.165, 1.54) is 6.26 Å². The van der Waals surface area contributed by atoms with Crippen LogP contribution in [0.3, 0.4) is 0 Å². The van der Waals surface area contributed by atoms with Gasteiger partial charge in [-0.1, -0.05) is 26.5 Å². The van der Waals surface area contributed by atoms with Crippen molar-refractivity contribution in [2.45, 2.75) is 46.3 Å². The number of ketones is 1. The zero-order valence-electron chi connectivity index (χ0n) is 14.4. The summed E-state index contributed by atoms with van der Waals surface area (Å²) in [7, 11) is 0. The molecule has 3 rings (SSSR count). The van der Waals surface area contributed by atoms with Gasteiger partial charge in [-0.25, -0.2) is 4.79 Å². The second kappa shape index (κ2) is 5.45. The molecule has 24 heavy (non-hydrogen) atoms. The minimum atomic E-state index is -0.818. The molecule has 0 aliphatic heterocycles. The van der Waals surface area contributed by atoms with Crippen molar-refractivity contribution in [2.75, 3.05) is 0 Å². The number of hydrogen-bond donors (Lipinski definition) is 1. The summed E-state index contributed by atoms with van der Waals surface area (Å²) in [5.74, 6) is -0.748. The normalized spacial score (nSPS) is 31.8. The fourth-order valence-electron chi connectivity index (χ4n) is 3.79. The first-order valence-electron chi connectivity index (χ1n) is 8.07. The number of esters is 1. The number of aryl methyl sites for hydroxylation is 1. The van der Waals surface area contributed by atoms with Crippen LogP contribution in [-0.4, -0.2) is 23.0 Å². The van der Waals surface area contributed by atoms with E-state index in [2.05, 4.69) is 6.58 Å². The molecule has 1 heterocycles. The summed E-state index contributed by atoms with van der Waals surface area (Å²) in [6.45, 7) is 10.8. The van der Waals surface area contributed by atoms with Crippen molar-refractivity contribution in [1.29, 1.82) is 0 Å². The lowest BCUT2D eigenvalue weighted by molar-refractivity contribution is -0.155. The summed E-state index contributed by atoms with van der Waals surface area (Å²) in [5.41, 5.74) is 1.36. The van der Waals surface area contributed by atoms with Crippen LogP contribution in [0.2, 0.25) is 0 Å². The molecular weight excluding hydrogens is 308 g/mol. The molecule has 5 heteroatoms. The van der Waals surface area contributed by atoms with Crippen LogP contribution in [0.1, 0.15) is 55.0 Å². The molecule has 1 aromatic rings. The minimum absolute atomic E-state index is 0.193. The van der Waals surface area contributed by atoms with Gasteiger partial charge in [-0.05, 0) is 31.7 Å². The molecule has 0 radical (unpaired) electrons. The van der Waals surface area contributed by atoms with E-state index >= 15 is 0 Å². The number of rotatable bonds is 2. The van der Waals surface area contributed by atoms with Gasteiger partial charge in [0.25, 0.3) is 0 Å². The Balaban J connectivity index is 2.23. The van der Waals surface area contributed by atoms with Gasteiger partial charge in [-0.15, -0.1) is 0 Å². The van der Waals surface area contributed by atoms with Crippen molar-refractivity contribution in [1.82, 2.24) is 0 Å². The molecule has 0 bridgehead atoms. The van der Waals surface area contributed by atoms with Crippen molar-refractivity contribution in [3.05, 3.63) is 47.0 Å². The molecule has 0 spiro atoms. The summed E-state index contributed by atoms with van der Waals surface area (Å²) in [5, 5.41) is 10.4. The number of ether oxygens (including phenoxy) is 1. The average molecular weight is 330 g/mol. The maximum absolute atomic E-state index is 12.9. The van der Waals surface area contributed by atoms with Crippen LogP contribution < -0.4 is 0 Å². The summed E-state index contributed by atoms with van der Waals surface area (Å²) >= 11 is 0. The van der Waals surface area contributed by atoms with Crippen molar-refractivity contribution in [3.63, 3.8) is 0 Å². The molecular formula is C19H22O5. The van der Waals surface area contributed by atoms with Gasteiger partial charge in [0, 0.05) is 22.1 Å². The van der Waals surface area contributed by atoms with E-state index in [0.29, 0.717) is 17.6 Å². The Kier molecular flexibility index (Phi) is 3.79. The molecule has 1 N–H and O–H groups in total. The predicted octanol–water partition coefficient (Wildman–Crippen LogP) is 3.28. The molecule has 0 amide bonds. The lowest BCUT2D eigenvalue weighted by atomic mass is 9.57. The number of aliphatic hydroxyl groups is 1. The number of furan rings is 1. The van der Waals surface area contributed by atoms with Crippen LogP contribution in [0.25, 0.3) is 0 Å². The highest BCUT2D eigenvalue weighted by Gasteiger charge is 2.57. The van der Waals surface area contributed by atoms with Crippen LogP contribution in [-0.2, 0) is 9.53 Å². The van der Waals surface area contributed by atoms with E-state index in [0.717, 1.165) is 5.56 Å². The molecule has 1 aromatic heterocycles. The van der Waals surface area contributed by atoms with Gasteiger partial charge in [0.2, 0.25) is 5.78 Å². The van der Waals surface area contributed by atoms with Gasteiger partial charge in [-0.2, -0.15) is 0 Å². The summed E-state index contributed by atoms with van der Waals surface area (Å²) < 4.78 is 11.2. The SMILES string of the molecule is C=C(C)C(=O)O[C@@H]1c2c(C)coc2C(=O)C2=CCC(O)C(C)C21C. The number of Topliss-reactive ketones (excluding diaryl/α,β-unsaturated/α-hetero) is 1. The van der Waals surface area contributed by atoms with Gasteiger partial charge >= 0.3 is 5.97 Å². The quantitative estimate of drug-likeness (QED) is 0.665. The molecule has 0 fully saturated rings. The van der Waals surface area contributed by atoms with Gasteiger partial charge < -0.3 is 14.3 Å². The first kappa shape index (κ1) is 16.7. The van der Waals surface area contributed by atoms with Crippen LogP contribution in [0.5, 0.6) is 0 Å². The Morgan fingerprint density at radius 2 is 2.17 bits per heavy atom. The fraction of sp³-hybridized carbons (Fsp3) is 0.474. The van der Waals surface area contributed by atoms with Gasteiger partial charge in [-0.3, -0.25) is 4.79 Å². The summed E-state index contributed by atoms with van der Waals surface area (Å²) in [6.07, 6.45) is 2.34. The molecule has 3 unspecified atom stereocenters. The van der Waals surface area contributed by atoms with E-state index in [4.69, 9.17) is 9.15 Å². The fourth-order valence-corrected chi connectivity index (χ4v) is 3.79. The largest absolute Gasteiger partial charge is 0.460 e. The monoisotopic (exact) mass is 330 g/mol. The molecule has 2 aliphatic rings. The molecule has 5 nitrogen and oxygen atoms in total. The highest BCUT2D eigenvalue weighted by molar-refractivity contribution is 6.10. The molecule has 2 aliphatic carbocycles. The Morgan fingerprint density at radius 1 is 1.50 bits per heavy atom. The summed E-state index contributed by atoms with van der Waals surface area (Å²) in [6, 6.07) is 0.